The third-order valence-corrected chi connectivity index (χ3v) is 4.15. The second-order valence-corrected chi connectivity index (χ2v) is 6.27. The van der Waals surface area contributed by atoms with Gasteiger partial charge in [0.25, 0.3) is 5.91 Å². The summed E-state index contributed by atoms with van der Waals surface area (Å²) >= 11 is 0. The van der Waals surface area contributed by atoms with Crippen LogP contribution in [0.15, 0.2) is 84.0 Å². The molecule has 0 heterocycles. The maximum absolute atomic E-state index is 12.3. The Balaban J connectivity index is 1.72. The van der Waals surface area contributed by atoms with Crippen LogP contribution in [-0.2, 0) is 4.79 Å². The average Bonchev–Trinajstić information content (AvgIpc) is 2.80. The normalized spacial score (nSPS) is 10.0. The van der Waals surface area contributed by atoms with Crippen LogP contribution < -0.4 is 14.9 Å². The number of hydrogen-bond donors (Lipinski definition) is 1. The molecule has 0 aromatic heterocycles. The molecule has 0 bridgehead atoms. The van der Waals surface area contributed by atoms with Gasteiger partial charge in [-0.05, 0) is 25.1 Å². The van der Waals surface area contributed by atoms with E-state index >= 15 is 0 Å². The lowest BCUT2D eigenvalue weighted by molar-refractivity contribution is -0.123. The lowest BCUT2D eigenvalue weighted by Gasteiger charge is -2.12. The molecule has 0 aliphatic heterocycles. The number of carbonyl (C=O) groups is 2. The molecule has 0 atom stereocenters. The molecule has 3 aromatic rings. The van der Waals surface area contributed by atoms with Gasteiger partial charge in [0.05, 0.1) is 12.3 Å². The largest absolute Gasteiger partial charge is 0.490 e. The Morgan fingerprint density at radius 3 is 2.10 bits per heavy atom. The predicted octanol–water partition coefficient (Wildman–Crippen LogP) is 3.85. The number of nitrogens with one attached hydrogen (secondary N) is 1. The molecule has 6 nitrogen and oxygen atoms in total. The SMILES string of the molecule is CCOc1cc(C=O)ccc1OCC(=O)NN=C(c1ccccc1)c1ccccc1. The summed E-state index contributed by atoms with van der Waals surface area (Å²) in [5.74, 6) is 0.377. The molecular formula is C24H22N2O4. The van der Waals surface area contributed by atoms with Crippen molar-refractivity contribution in [1.29, 1.82) is 0 Å². The quantitative estimate of drug-likeness (QED) is 0.335. The second-order valence-electron chi connectivity index (χ2n) is 6.27. The van der Waals surface area contributed by atoms with Crippen LogP contribution in [0.3, 0.4) is 0 Å². The molecular weight excluding hydrogens is 380 g/mol. The van der Waals surface area contributed by atoms with Crippen molar-refractivity contribution in [2.24, 2.45) is 5.10 Å². The molecule has 1 amide bonds. The van der Waals surface area contributed by atoms with Gasteiger partial charge in [0.2, 0.25) is 0 Å². The fourth-order valence-corrected chi connectivity index (χ4v) is 2.77. The van der Waals surface area contributed by atoms with E-state index in [0.29, 0.717) is 29.4 Å². The van der Waals surface area contributed by atoms with E-state index < -0.39 is 5.91 Å². The number of carbonyl (C=O) groups excluding carboxylic acids is 2. The Morgan fingerprint density at radius 2 is 1.53 bits per heavy atom. The van der Waals surface area contributed by atoms with Gasteiger partial charge in [-0.25, -0.2) is 5.43 Å². The van der Waals surface area contributed by atoms with Crippen molar-refractivity contribution in [3.8, 4) is 11.5 Å². The van der Waals surface area contributed by atoms with Gasteiger partial charge in [-0.15, -0.1) is 0 Å². The van der Waals surface area contributed by atoms with Gasteiger partial charge in [-0.2, -0.15) is 5.10 Å². The fourth-order valence-electron chi connectivity index (χ4n) is 2.77. The van der Waals surface area contributed by atoms with E-state index in [-0.39, 0.29) is 6.61 Å². The second kappa shape index (κ2) is 10.6. The highest BCUT2D eigenvalue weighted by Gasteiger charge is 2.11. The zero-order valence-corrected chi connectivity index (χ0v) is 16.6. The highest BCUT2D eigenvalue weighted by Crippen LogP contribution is 2.28. The van der Waals surface area contributed by atoms with Crippen LogP contribution in [0.2, 0.25) is 0 Å². The molecule has 3 aromatic carbocycles. The molecule has 1 N–H and O–H groups in total. The first kappa shape index (κ1) is 20.8. The lowest BCUT2D eigenvalue weighted by Crippen LogP contribution is -2.26. The zero-order valence-electron chi connectivity index (χ0n) is 16.6. The summed E-state index contributed by atoms with van der Waals surface area (Å²) in [5.41, 5.74) is 5.43. The van der Waals surface area contributed by atoms with Gasteiger partial charge in [-0.1, -0.05) is 60.7 Å². The highest BCUT2D eigenvalue weighted by molar-refractivity contribution is 6.13. The van der Waals surface area contributed by atoms with Crippen molar-refractivity contribution in [2.45, 2.75) is 6.92 Å². The van der Waals surface area contributed by atoms with Gasteiger partial charge in [-0.3, -0.25) is 9.59 Å². The van der Waals surface area contributed by atoms with E-state index in [4.69, 9.17) is 9.47 Å². The first-order chi connectivity index (χ1) is 14.7. The van der Waals surface area contributed by atoms with E-state index in [0.717, 1.165) is 17.4 Å². The fraction of sp³-hybridized carbons (Fsp3) is 0.125. The monoisotopic (exact) mass is 402 g/mol. The standard InChI is InChI=1S/C24H22N2O4/c1-2-29-22-15-18(16-27)13-14-21(22)30-17-23(28)25-26-24(19-9-5-3-6-10-19)20-11-7-4-8-12-20/h3-16H,2,17H2,1H3,(H,25,28). The summed E-state index contributed by atoms with van der Waals surface area (Å²) in [6.07, 6.45) is 0.725. The summed E-state index contributed by atoms with van der Waals surface area (Å²) in [5, 5.41) is 4.32. The van der Waals surface area contributed by atoms with E-state index in [9.17, 15) is 9.59 Å². The Hall–Kier alpha value is -3.93. The van der Waals surface area contributed by atoms with Crippen molar-refractivity contribution in [1.82, 2.24) is 5.43 Å². The van der Waals surface area contributed by atoms with Crippen LogP contribution >= 0.6 is 0 Å². The number of benzene rings is 3. The molecule has 0 spiro atoms. The molecule has 30 heavy (non-hydrogen) atoms. The molecule has 0 saturated carbocycles. The van der Waals surface area contributed by atoms with Crippen LogP contribution in [0.4, 0.5) is 0 Å². The van der Waals surface area contributed by atoms with Gasteiger partial charge in [0.1, 0.15) is 6.29 Å². The number of ether oxygens (including phenoxy) is 2. The third-order valence-electron chi connectivity index (χ3n) is 4.15. The number of nitrogens with zero attached hydrogens (tertiary/aromatic N) is 1. The number of hydrazone groups is 1. The van der Waals surface area contributed by atoms with E-state index in [1.807, 2.05) is 67.6 Å². The molecule has 0 aliphatic rings. The Morgan fingerprint density at radius 1 is 0.900 bits per heavy atom. The van der Waals surface area contributed by atoms with Crippen LogP contribution in [0.5, 0.6) is 11.5 Å². The molecule has 3 rings (SSSR count). The van der Waals surface area contributed by atoms with Gasteiger partial charge >= 0.3 is 0 Å². The van der Waals surface area contributed by atoms with Gasteiger partial charge in [0, 0.05) is 16.7 Å². The molecule has 152 valence electrons. The summed E-state index contributed by atoms with van der Waals surface area (Å²) in [7, 11) is 0. The van der Waals surface area contributed by atoms with Gasteiger partial charge in [0.15, 0.2) is 18.1 Å². The average molecular weight is 402 g/mol. The minimum atomic E-state index is -0.415. The molecule has 0 radical (unpaired) electrons. The predicted molar refractivity (Wildman–Crippen MR) is 115 cm³/mol. The van der Waals surface area contributed by atoms with Crippen molar-refractivity contribution in [3.05, 3.63) is 95.6 Å². The molecule has 0 saturated heterocycles. The summed E-state index contributed by atoms with van der Waals surface area (Å²) < 4.78 is 11.1. The maximum atomic E-state index is 12.3. The highest BCUT2D eigenvalue weighted by atomic mass is 16.5. The van der Waals surface area contributed by atoms with Crippen LogP contribution in [-0.4, -0.2) is 31.1 Å². The smallest absolute Gasteiger partial charge is 0.277 e. The third kappa shape index (κ3) is 5.54. The Kier molecular flexibility index (Phi) is 7.33. The zero-order chi connectivity index (χ0) is 21.2. The first-order valence-corrected chi connectivity index (χ1v) is 9.53. The molecule has 0 fully saturated rings. The number of rotatable bonds is 9. The van der Waals surface area contributed by atoms with E-state index in [1.165, 1.54) is 0 Å². The maximum Gasteiger partial charge on any atom is 0.277 e. The van der Waals surface area contributed by atoms with Crippen LogP contribution in [0.25, 0.3) is 0 Å². The lowest BCUT2D eigenvalue weighted by atomic mass is 10.0. The molecule has 0 aliphatic carbocycles. The summed E-state index contributed by atoms with van der Waals surface area (Å²) in [4.78, 5) is 23.3. The molecule has 6 heteroatoms. The Bertz CT molecular complexity index is 976. The van der Waals surface area contributed by atoms with Crippen molar-refractivity contribution in [3.63, 3.8) is 0 Å². The Labute approximate surface area is 175 Å². The minimum absolute atomic E-state index is 0.249. The van der Waals surface area contributed by atoms with Crippen molar-refractivity contribution in [2.75, 3.05) is 13.2 Å². The topological polar surface area (TPSA) is 77.0 Å². The summed E-state index contributed by atoms with van der Waals surface area (Å²) in [6, 6.07) is 24.0. The number of hydrogen-bond acceptors (Lipinski definition) is 5. The number of amides is 1. The van der Waals surface area contributed by atoms with Crippen molar-refractivity contribution < 1.29 is 19.1 Å². The minimum Gasteiger partial charge on any atom is -0.490 e. The van der Waals surface area contributed by atoms with Crippen LogP contribution in [0.1, 0.15) is 28.4 Å². The molecule has 0 unspecified atom stereocenters. The number of aldehydes is 1. The van der Waals surface area contributed by atoms with Crippen molar-refractivity contribution >= 4 is 17.9 Å². The first-order valence-electron chi connectivity index (χ1n) is 9.53. The van der Waals surface area contributed by atoms with E-state index in [2.05, 4.69) is 10.5 Å². The van der Waals surface area contributed by atoms with E-state index in [1.54, 1.807) is 18.2 Å². The summed E-state index contributed by atoms with van der Waals surface area (Å²) in [6.45, 7) is 1.99. The van der Waals surface area contributed by atoms with Gasteiger partial charge < -0.3 is 9.47 Å². The van der Waals surface area contributed by atoms with Crippen LogP contribution in [0, 0.1) is 0 Å².